The highest BCUT2D eigenvalue weighted by molar-refractivity contribution is 5.04. The third-order valence-corrected chi connectivity index (χ3v) is 2.50. The first-order valence-corrected chi connectivity index (χ1v) is 6.45. The molecule has 0 fully saturated rings. The van der Waals surface area contributed by atoms with Crippen LogP contribution in [0.15, 0.2) is 10.6 Å². The van der Waals surface area contributed by atoms with Crippen LogP contribution in [0.2, 0.25) is 0 Å². The van der Waals surface area contributed by atoms with Crippen LogP contribution < -0.4 is 5.32 Å². The maximum Gasteiger partial charge on any atom is 0.151 e. The van der Waals surface area contributed by atoms with Gasteiger partial charge in [-0.25, -0.2) is 0 Å². The molecule has 0 saturated carbocycles. The zero-order chi connectivity index (χ0) is 12.7. The van der Waals surface area contributed by atoms with Gasteiger partial charge in [0.15, 0.2) is 5.76 Å². The first-order chi connectivity index (χ1) is 8.11. The number of nitrogens with one attached hydrogen (secondary N) is 1. The second-order valence-electron chi connectivity index (χ2n) is 5.05. The topological polar surface area (TPSA) is 41.3 Å². The van der Waals surface area contributed by atoms with E-state index < -0.39 is 0 Å². The summed E-state index contributed by atoms with van der Waals surface area (Å²) in [5, 5.41) is 7.42. The van der Waals surface area contributed by atoms with E-state index in [4.69, 9.17) is 4.52 Å². The second-order valence-corrected chi connectivity index (χ2v) is 5.05. The smallest absolute Gasteiger partial charge is 0.151 e. The van der Waals surface area contributed by atoms with Crippen LogP contribution in [0, 0.1) is 5.92 Å². The molecule has 1 N–H and O–H groups in total. The molecule has 1 rings (SSSR count). The van der Waals surface area contributed by atoms with Crippen molar-refractivity contribution in [2.45, 2.75) is 40.3 Å². The van der Waals surface area contributed by atoms with Gasteiger partial charge in [0.2, 0.25) is 0 Å². The predicted molar refractivity (Wildman–Crippen MR) is 69.7 cm³/mol. The van der Waals surface area contributed by atoms with Crippen LogP contribution in [0.4, 0.5) is 0 Å². The monoisotopic (exact) mass is 239 g/mol. The predicted octanol–water partition coefficient (Wildman–Crippen LogP) is 2.26. The summed E-state index contributed by atoms with van der Waals surface area (Å²) in [6, 6.07) is 2.04. The maximum absolute atomic E-state index is 5.31. The van der Waals surface area contributed by atoms with Gasteiger partial charge in [-0.3, -0.25) is 4.90 Å². The molecule has 0 spiro atoms. The van der Waals surface area contributed by atoms with E-state index in [1.54, 1.807) is 0 Å². The second kappa shape index (κ2) is 7.45. The van der Waals surface area contributed by atoms with E-state index in [2.05, 4.69) is 43.2 Å². The molecule has 0 amide bonds. The molecular formula is C13H25N3O. The summed E-state index contributed by atoms with van der Waals surface area (Å²) >= 11 is 0. The molecule has 0 radical (unpaired) electrons. The molecule has 0 bridgehead atoms. The van der Waals surface area contributed by atoms with E-state index in [9.17, 15) is 0 Å². The average Bonchev–Trinajstić information content (AvgIpc) is 2.65. The van der Waals surface area contributed by atoms with E-state index in [0.29, 0.717) is 5.92 Å². The van der Waals surface area contributed by atoms with Crippen molar-refractivity contribution in [1.29, 1.82) is 0 Å². The highest BCUT2D eigenvalue weighted by atomic mass is 16.5. The number of rotatable bonds is 8. The number of aromatic nitrogens is 1. The van der Waals surface area contributed by atoms with Crippen LogP contribution in [0.5, 0.6) is 0 Å². The summed E-state index contributed by atoms with van der Waals surface area (Å²) in [7, 11) is 2.10. The van der Waals surface area contributed by atoms with E-state index in [1.165, 1.54) is 0 Å². The Kier molecular flexibility index (Phi) is 6.22. The molecule has 4 nitrogen and oxygen atoms in total. The quantitative estimate of drug-likeness (QED) is 0.755. The third-order valence-electron chi connectivity index (χ3n) is 2.50. The minimum Gasteiger partial charge on any atom is -0.360 e. The lowest BCUT2D eigenvalue weighted by Crippen LogP contribution is -2.19. The van der Waals surface area contributed by atoms with Crippen molar-refractivity contribution in [2.24, 2.45) is 5.92 Å². The largest absolute Gasteiger partial charge is 0.360 e. The Bertz CT molecular complexity index is 309. The third kappa shape index (κ3) is 5.84. The lowest BCUT2D eigenvalue weighted by Gasteiger charge is -2.12. The zero-order valence-electron chi connectivity index (χ0n) is 11.5. The van der Waals surface area contributed by atoms with Crippen molar-refractivity contribution < 1.29 is 4.52 Å². The van der Waals surface area contributed by atoms with E-state index in [0.717, 1.165) is 44.1 Å². The highest BCUT2D eigenvalue weighted by Gasteiger charge is 2.06. The number of hydrogen-bond acceptors (Lipinski definition) is 4. The van der Waals surface area contributed by atoms with Gasteiger partial charge in [0.05, 0.1) is 12.2 Å². The van der Waals surface area contributed by atoms with Crippen LogP contribution in [-0.4, -0.2) is 30.2 Å². The molecule has 1 heterocycles. The summed E-state index contributed by atoms with van der Waals surface area (Å²) in [6.07, 6.45) is 1.16. The van der Waals surface area contributed by atoms with Crippen LogP contribution in [0.25, 0.3) is 0 Å². The van der Waals surface area contributed by atoms with Crippen LogP contribution >= 0.6 is 0 Å². The Morgan fingerprint density at radius 3 is 2.88 bits per heavy atom. The highest BCUT2D eigenvalue weighted by Crippen LogP contribution is 2.06. The molecular weight excluding hydrogens is 214 g/mol. The summed E-state index contributed by atoms with van der Waals surface area (Å²) in [5.74, 6) is 1.61. The van der Waals surface area contributed by atoms with Crippen LogP contribution in [-0.2, 0) is 13.1 Å². The minimum atomic E-state index is 0.664. The van der Waals surface area contributed by atoms with Gasteiger partial charge in [-0.15, -0.1) is 0 Å². The summed E-state index contributed by atoms with van der Waals surface area (Å²) < 4.78 is 5.31. The molecule has 17 heavy (non-hydrogen) atoms. The van der Waals surface area contributed by atoms with Crippen molar-refractivity contribution >= 4 is 0 Å². The Balaban J connectivity index is 2.32. The molecule has 0 saturated heterocycles. The molecule has 0 unspecified atom stereocenters. The summed E-state index contributed by atoms with van der Waals surface area (Å²) in [5.41, 5.74) is 0.991. The molecule has 4 heteroatoms. The zero-order valence-corrected chi connectivity index (χ0v) is 11.5. The van der Waals surface area contributed by atoms with Crippen molar-refractivity contribution in [3.05, 3.63) is 17.5 Å². The fourth-order valence-electron chi connectivity index (χ4n) is 1.73. The van der Waals surface area contributed by atoms with Crippen molar-refractivity contribution in [1.82, 2.24) is 15.4 Å². The molecule has 0 aliphatic heterocycles. The first-order valence-electron chi connectivity index (χ1n) is 6.45. The van der Waals surface area contributed by atoms with Gasteiger partial charge in [-0.2, -0.15) is 0 Å². The van der Waals surface area contributed by atoms with Gasteiger partial charge in [0.1, 0.15) is 0 Å². The maximum atomic E-state index is 5.31. The standard InChI is InChI=1S/C13H25N3O/c1-5-6-16(4)10-13-7-12(15-17-13)9-14-8-11(2)3/h7,11,14H,5-6,8-10H2,1-4H3. The molecule has 0 aromatic carbocycles. The summed E-state index contributed by atoms with van der Waals surface area (Å²) in [4.78, 5) is 2.24. The molecule has 0 aliphatic rings. The summed E-state index contributed by atoms with van der Waals surface area (Å²) in [6.45, 7) is 10.3. The average molecular weight is 239 g/mol. The van der Waals surface area contributed by atoms with Crippen LogP contribution in [0.3, 0.4) is 0 Å². The minimum absolute atomic E-state index is 0.664. The van der Waals surface area contributed by atoms with Crippen molar-refractivity contribution in [3.8, 4) is 0 Å². The molecule has 98 valence electrons. The molecule has 1 aromatic heterocycles. The van der Waals surface area contributed by atoms with Crippen molar-refractivity contribution in [3.63, 3.8) is 0 Å². The van der Waals surface area contributed by atoms with E-state index in [1.807, 2.05) is 6.07 Å². The molecule has 0 atom stereocenters. The van der Waals surface area contributed by atoms with Crippen LogP contribution in [0.1, 0.15) is 38.6 Å². The van der Waals surface area contributed by atoms with Gasteiger partial charge in [-0.1, -0.05) is 25.9 Å². The Labute approximate surface area is 104 Å². The fraction of sp³-hybridized carbons (Fsp3) is 0.769. The SMILES string of the molecule is CCCN(C)Cc1cc(CNCC(C)C)no1. The van der Waals surface area contributed by atoms with Gasteiger partial charge < -0.3 is 9.84 Å². The normalized spacial score (nSPS) is 11.6. The fourth-order valence-corrected chi connectivity index (χ4v) is 1.73. The first kappa shape index (κ1) is 14.2. The number of hydrogen-bond donors (Lipinski definition) is 1. The van der Waals surface area contributed by atoms with Gasteiger partial charge in [-0.05, 0) is 32.5 Å². The van der Waals surface area contributed by atoms with Gasteiger partial charge >= 0.3 is 0 Å². The lowest BCUT2D eigenvalue weighted by atomic mass is 10.2. The Morgan fingerprint density at radius 1 is 1.47 bits per heavy atom. The van der Waals surface area contributed by atoms with Gasteiger partial charge in [0.25, 0.3) is 0 Å². The van der Waals surface area contributed by atoms with Crippen molar-refractivity contribution in [2.75, 3.05) is 20.1 Å². The van der Waals surface area contributed by atoms with Gasteiger partial charge in [0, 0.05) is 12.6 Å². The Morgan fingerprint density at radius 2 is 2.24 bits per heavy atom. The molecule has 1 aromatic rings. The number of nitrogens with zero attached hydrogens (tertiary/aromatic N) is 2. The van der Waals surface area contributed by atoms with E-state index in [-0.39, 0.29) is 0 Å². The molecule has 0 aliphatic carbocycles. The van der Waals surface area contributed by atoms with E-state index >= 15 is 0 Å². The Hall–Kier alpha value is -0.870. The lowest BCUT2D eigenvalue weighted by molar-refractivity contribution is 0.272.